The number of carbonyl (C=O) groups is 1. The van der Waals surface area contributed by atoms with Crippen LogP contribution in [-0.2, 0) is 11.3 Å². The van der Waals surface area contributed by atoms with Crippen LogP contribution in [0.25, 0.3) is 0 Å². The zero-order valence-electron chi connectivity index (χ0n) is 12.9. The Hall–Kier alpha value is -0.584. The number of carboxylic acid groups (broad SMARTS) is 1. The second-order valence-corrected chi connectivity index (χ2v) is 5.55. The number of carbonyl (C=O) groups excluding carboxylic acids is 1. The number of benzene rings is 1. The van der Waals surface area contributed by atoms with E-state index in [0.717, 1.165) is 11.8 Å². The molecule has 3 rings (SSSR count). The van der Waals surface area contributed by atoms with Crippen LogP contribution in [0.5, 0.6) is 11.5 Å². The van der Waals surface area contributed by atoms with E-state index >= 15 is 0 Å². The van der Waals surface area contributed by atoms with E-state index in [1.165, 1.54) is 0 Å². The van der Waals surface area contributed by atoms with Crippen LogP contribution in [0, 0.1) is 0 Å². The Balaban J connectivity index is 0.00000192. The molecule has 2 heterocycles. The Kier molecular flexibility index (Phi) is 6.93. The maximum atomic E-state index is 10.6. The van der Waals surface area contributed by atoms with Gasteiger partial charge in [0.1, 0.15) is 6.61 Å². The molecule has 0 saturated carbocycles. The molecule has 0 saturated heterocycles. The zero-order chi connectivity index (χ0) is 15.5. The number of nitrogens with zero attached hydrogens (tertiary/aromatic N) is 3. The molecule has 1 aliphatic rings. The average Bonchev–Trinajstić information content (AvgIpc) is 2.95. The summed E-state index contributed by atoms with van der Waals surface area (Å²) in [5, 5.41) is 19.3. The monoisotopic (exact) mass is 359 g/mol. The maximum absolute atomic E-state index is 10.6. The van der Waals surface area contributed by atoms with Gasteiger partial charge >= 0.3 is 51.4 Å². The SMILES string of the molecule is CCn1c(SCC(=O)[O-])nnc1C1COc2ccccc2O1.[K+]. The Morgan fingerprint density at radius 1 is 1.39 bits per heavy atom. The molecule has 0 amide bonds. The molecule has 2 aromatic rings. The first-order valence-corrected chi connectivity index (χ1v) is 7.81. The number of hydrogen-bond donors (Lipinski definition) is 0. The Morgan fingerprint density at radius 3 is 2.83 bits per heavy atom. The van der Waals surface area contributed by atoms with Gasteiger partial charge in [-0.3, -0.25) is 0 Å². The van der Waals surface area contributed by atoms with E-state index in [1.54, 1.807) is 0 Å². The molecule has 0 N–H and O–H groups in total. The van der Waals surface area contributed by atoms with Gasteiger partial charge in [0.2, 0.25) is 0 Å². The fourth-order valence-corrected chi connectivity index (χ4v) is 2.94. The molecule has 1 aliphatic heterocycles. The molecule has 1 aromatic heterocycles. The number of aliphatic carboxylic acids is 1. The predicted molar refractivity (Wildman–Crippen MR) is 76.7 cm³/mol. The third kappa shape index (κ3) is 4.28. The molecular formula is C14H14KN3O4S. The number of aromatic nitrogens is 3. The summed E-state index contributed by atoms with van der Waals surface area (Å²) in [6, 6.07) is 7.43. The van der Waals surface area contributed by atoms with E-state index in [9.17, 15) is 9.90 Å². The molecule has 0 radical (unpaired) electrons. The molecule has 0 spiro atoms. The number of ether oxygens (including phenoxy) is 2. The smallest absolute Gasteiger partial charge is 0.549 e. The van der Waals surface area contributed by atoms with Gasteiger partial charge in [-0.15, -0.1) is 10.2 Å². The number of rotatable bonds is 5. The number of carboxylic acids is 1. The van der Waals surface area contributed by atoms with Crippen molar-refractivity contribution in [2.24, 2.45) is 0 Å². The van der Waals surface area contributed by atoms with E-state index < -0.39 is 5.97 Å². The summed E-state index contributed by atoms with van der Waals surface area (Å²) in [5.41, 5.74) is 0. The van der Waals surface area contributed by atoms with Gasteiger partial charge in [0.15, 0.2) is 28.6 Å². The predicted octanol–water partition coefficient (Wildman–Crippen LogP) is -2.34. The summed E-state index contributed by atoms with van der Waals surface area (Å²) in [4.78, 5) is 10.6. The van der Waals surface area contributed by atoms with Crippen molar-refractivity contribution >= 4 is 17.7 Å². The summed E-state index contributed by atoms with van der Waals surface area (Å²) in [6.07, 6.45) is -0.375. The number of fused-ring (bicyclic) bond motifs is 1. The van der Waals surface area contributed by atoms with Gasteiger partial charge in [-0.2, -0.15) is 0 Å². The summed E-state index contributed by atoms with van der Waals surface area (Å²) >= 11 is 1.08. The quantitative estimate of drug-likeness (QED) is 0.436. The van der Waals surface area contributed by atoms with Crippen molar-refractivity contribution < 1.29 is 70.8 Å². The third-order valence-electron chi connectivity index (χ3n) is 3.18. The minimum atomic E-state index is -1.14. The topological polar surface area (TPSA) is 89.3 Å². The third-order valence-corrected chi connectivity index (χ3v) is 4.12. The maximum Gasteiger partial charge on any atom is 1.00 e. The standard InChI is InChI=1S/C14H15N3O4S.K/c1-2-17-13(15-16-14(17)22-8-12(18)19)11-7-20-9-5-3-4-6-10(9)21-11;/h3-6,11H,2,7-8H2,1H3,(H,18,19);/q;+1/p-1. The molecular weight excluding hydrogens is 345 g/mol. The summed E-state index contributed by atoms with van der Waals surface area (Å²) in [5.74, 6) is 0.686. The first-order chi connectivity index (χ1) is 10.7. The Bertz CT molecular complexity index is 694. The van der Waals surface area contributed by atoms with Gasteiger partial charge < -0.3 is 23.9 Å². The molecule has 1 atom stereocenters. The van der Waals surface area contributed by atoms with Crippen LogP contribution < -0.4 is 66.0 Å². The Morgan fingerprint density at radius 2 is 2.13 bits per heavy atom. The fraction of sp³-hybridized carbons (Fsp3) is 0.357. The van der Waals surface area contributed by atoms with Crippen molar-refractivity contribution in [2.45, 2.75) is 24.7 Å². The zero-order valence-corrected chi connectivity index (χ0v) is 16.8. The summed E-state index contributed by atoms with van der Waals surface area (Å²) in [6.45, 7) is 2.88. The van der Waals surface area contributed by atoms with Crippen LogP contribution in [-0.4, -0.2) is 33.1 Å². The average molecular weight is 359 g/mol. The molecule has 23 heavy (non-hydrogen) atoms. The van der Waals surface area contributed by atoms with Gasteiger partial charge in [-0.1, -0.05) is 23.9 Å². The van der Waals surface area contributed by atoms with Crippen LogP contribution in [0.15, 0.2) is 29.4 Å². The van der Waals surface area contributed by atoms with Crippen molar-refractivity contribution in [3.8, 4) is 11.5 Å². The van der Waals surface area contributed by atoms with Crippen molar-refractivity contribution in [2.75, 3.05) is 12.4 Å². The molecule has 7 nitrogen and oxygen atoms in total. The molecule has 0 fully saturated rings. The van der Waals surface area contributed by atoms with Crippen molar-refractivity contribution in [1.82, 2.24) is 14.8 Å². The van der Waals surface area contributed by atoms with Crippen molar-refractivity contribution in [1.29, 1.82) is 0 Å². The van der Waals surface area contributed by atoms with Crippen LogP contribution >= 0.6 is 11.8 Å². The largest absolute Gasteiger partial charge is 1.00 e. The van der Waals surface area contributed by atoms with Crippen molar-refractivity contribution in [3.05, 3.63) is 30.1 Å². The second-order valence-electron chi connectivity index (χ2n) is 4.61. The van der Waals surface area contributed by atoms with E-state index in [1.807, 2.05) is 35.8 Å². The normalized spacial score (nSPS) is 15.8. The molecule has 9 heteroatoms. The number of thioether (sulfide) groups is 1. The Labute approximate surface area is 180 Å². The molecule has 1 unspecified atom stereocenters. The van der Waals surface area contributed by atoms with E-state index in [0.29, 0.717) is 35.6 Å². The fourth-order valence-electron chi connectivity index (χ4n) is 2.21. The molecule has 1 aromatic carbocycles. The van der Waals surface area contributed by atoms with E-state index in [-0.39, 0.29) is 63.2 Å². The van der Waals surface area contributed by atoms with Gasteiger partial charge in [-0.25, -0.2) is 0 Å². The second kappa shape index (κ2) is 8.50. The van der Waals surface area contributed by atoms with Gasteiger partial charge in [-0.05, 0) is 19.1 Å². The minimum absolute atomic E-state index is 0. The molecule has 0 aliphatic carbocycles. The minimum Gasteiger partial charge on any atom is -0.549 e. The van der Waals surface area contributed by atoms with Crippen LogP contribution in [0.3, 0.4) is 0 Å². The van der Waals surface area contributed by atoms with E-state index in [4.69, 9.17) is 9.47 Å². The van der Waals surface area contributed by atoms with Crippen LogP contribution in [0.2, 0.25) is 0 Å². The number of para-hydroxylation sites is 2. The molecule has 116 valence electrons. The van der Waals surface area contributed by atoms with Gasteiger partial charge in [0.25, 0.3) is 0 Å². The molecule has 0 bridgehead atoms. The van der Waals surface area contributed by atoms with Crippen LogP contribution in [0.4, 0.5) is 0 Å². The first-order valence-electron chi connectivity index (χ1n) is 6.83. The van der Waals surface area contributed by atoms with E-state index in [2.05, 4.69) is 10.2 Å². The van der Waals surface area contributed by atoms with Gasteiger partial charge in [0, 0.05) is 12.3 Å². The van der Waals surface area contributed by atoms with Crippen molar-refractivity contribution in [3.63, 3.8) is 0 Å². The first kappa shape index (κ1) is 18.8. The number of hydrogen-bond acceptors (Lipinski definition) is 7. The summed E-state index contributed by atoms with van der Waals surface area (Å²) in [7, 11) is 0. The van der Waals surface area contributed by atoms with Gasteiger partial charge in [0.05, 0.1) is 5.97 Å². The van der Waals surface area contributed by atoms with Crippen LogP contribution in [0.1, 0.15) is 18.9 Å². The summed E-state index contributed by atoms with van der Waals surface area (Å²) < 4.78 is 13.4.